The van der Waals surface area contributed by atoms with E-state index in [0.717, 1.165) is 36.7 Å². The molecule has 1 aromatic carbocycles. The van der Waals surface area contributed by atoms with Gasteiger partial charge in [0.25, 0.3) is 17.7 Å². The van der Waals surface area contributed by atoms with E-state index >= 15 is 0 Å². The molecule has 0 atom stereocenters. The van der Waals surface area contributed by atoms with Crippen LogP contribution in [-0.2, 0) is 9.59 Å². The van der Waals surface area contributed by atoms with Crippen molar-refractivity contribution in [3.8, 4) is 16.3 Å². The van der Waals surface area contributed by atoms with Gasteiger partial charge in [-0.25, -0.2) is 4.98 Å². The van der Waals surface area contributed by atoms with E-state index in [4.69, 9.17) is 31.2 Å². The number of nitrogens with zero attached hydrogens (tertiary/aromatic N) is 2. The minimum atomic E-state index is -3.58. The molecule has 0 saturated heterocycles. The Hall–Kier alpha value is -4.18. The maximum absolute atomic E-state index is 12.5. The average molecular weight is 588 g/mol. The van der Waals surface area contributed by atoms with Gasteiger partial charge in [-0.05, 0) is 31.4 Å². The lowest BCUT2D eigenvalue weighted by Crippen LogP contribution is -2.51. The van der Waals surface area contributed by atoms with Gasteiger partial charge in [0.15, 0.2) is 5.75 Å². The topological polar surface area (TPSA) is 232 Å². The van der Waals surface area contributed by atoms with Crippen molar-refractivity contribution in [1.82, 2.24) is 15.6 Å². The smallest absolute Gasteiger partial charge is 0.369 e. The number of rotatable bonds is 14. The third-order valence-electron chi connectivity index (χ3n) is 5.75. The number of aliphatic imine (C=N–C) groups is 1. The first-order valence-corrected chi connectivity index (χ1v) is 13.6. The Balaban J connectivity index is 1.92. The van der Waals surface area contributed by atoms with Crippen molar-refractivity contribution in [2.75, 3.05) is 19.0 Å². The summed E-state index contributed by atoms with van der Waals surface area (Å²) in [4.78, 5) is 45.6. The van der Waals surface area contributed by atoms with Crippen LogP contribution >= 0.6 is 11.3 Å². The minimum absolute atomic E-state index is 0.224. The first kappa shape index (κ1) is 31.3. The van der Waals surface area contributed by atoms with Crippen molar-refractivity contribution in [3.63, 3.8) is 0 Å². The maximum atomic E-state index is 12.5. The first-order valence-electron chi connectivity index (χ1n) is 12.8. The lowest BCUT2D eigenvalue weighted by molar-refractivity contribution is -0.325. The van der Waals surface area contributed by atoms with E-state index in [2.05, 4.69) is 27.5 Å². The molecule has 1 saturated carbocycles. The van der Waals surface area contributed by atoms with E-state index in [1.54, 1.807) is 18.2 Å². The van der Waals surface area contributed by atoms with Crippen molar-refractivity contribution >= 4 is 46.3 Å². The molecule has 0 bridgehead atoms. The molecule has 2 aromatic rings. The van der Waals surface area contributed by atoms with E-state index < -0.39 is 23.6 Å². The van der Waals surface area contributed by atoms with Crippen LogP contribution in [0.15, 0.2) is 41.2 Å². The Morgan fingerprint density at radius 3 is 2.63 bits per heavy atom. The van der Waals surface area contributed by atoms with Gasteiger partial charge in [-0.3, -0.25) is 25.1 Å². The summed E-state index contributed by atoms with van der Waals surface area (Å²) in [6.45, 7) is 2.63. The Labute approximate surface area is 239 Å². The van der Waals surface area contributed by atoms with Gasteiger partial charge in [-0.15, -0.1) is 11.3 Å². The summed E-state index contributed by atoms with van der Waals surface area (Å²) in [6, 6.07) is 4.91. The van der Waals surface area contributed by atoms with Crippen LogP contribution in [0.2, 0.25) is 0 Å². The molecule has 1 fully saturated rings. The molecule has 1 aromatic heterocycles. The number of amides is 3. The van der Waals surface area contributed by atoms with Crippen LogP contribution < -0.4 is 26.4 Å². The number of anilines is 1. The van der Waals surface area contributed by atoms with Gasteiger partial charge in [0.2, 0.25) is 0 Å². The molecule has 1 aliphatic carbocycles. The Morgan fingerprint density at radius 2 is 2.00 bits per heavy atom. The molecule has 14 nitrogen and oxygen atoms in total. The number of amidine groups is 1. The predicted molar refractivity (Wildman–Crippen MR) is 152 cm³/mol. The maximum Gasteiger partial charge on any atom is 0.369 e. The number of thiazole rings is 1. The van der Waals surface area contributed by atoms with E-state index in [9.17, 15) is 14.4 Å². The molecular formula is C26H33N7O7S. The van der Waals surface area contributed by atoms with Crippen molar-refractivity contribution < 1.29 is 34.4 Å². The minimum Gasteiger partial charge on any atom is -0.494 e. The van der Waals surface area contributed by atoms with Crippen LogP contribution in [0.3, 0.4) is 0 Å². The standard InChI is InChI=1S/C26H33N7O7S/c1-3-4-5-11-29-23(35)18-13-30-25(41-18)15-7-6-8-16(21(15)40-2)31-17(20(28)24(36)33-26(37,38)39)12-19(27)32-22(34)14-9-10-14/h6-8,12-14,28,31,37-39H,3-5,9-11H2,1-2H3,(H,29,35)(H,33,36)(H2,27,32,34)/b17-12+,28-20?. The van der Waals surface area contributed by atoms with E-state index in [-0.39, 0.29) is 34.8 Å². The van der Waals surface area contributed by atoms with Crippen molar-refractivity contribution in [1.29, 1.82) is 5.41 Å². The number of para-hydroxylation sites is 1. The molecule has 1 heterocycles. The molecule has 0 radical (unpaired) electrons. The number of carbonyl (C=O) groups is 3. The number of unbranched alkanes of at least 4 members (excludes halogenated alkanes) is 2. The summed E-state index contributed by atoms with van der Waals surface area (Å²) >= 11 is 1.15. The third kappa shape index (κ3) is 9.18. The van der Waals surface area contributed by atoms with Crippen LogP contribution in [0.4, 0.5) is 5.69 Å². The number of ether oxygens (including phenoxy) is 1. The molecule has 0 unspecified atom stereocenters. The fourth-order valence-electron chi connectivity index (χ4n) is 3.57. The zero-order valence-electron chi connectivity index (χ0n) is 22.6. The SMILES string of the molecule is CCCCCNC(=O)c1cnc(-c2cccc(N/C(=C/C(N)=NC(=O)C3CC3)C(=N)C(=O)NC(O)(O)O)c2OC)s1. The molecule has 3 rings (SSSR count). The predicted octanol–water partition coefficient (Wildman–Crippen LogP) is 1.05. The number of benzene rings is 1. The molecule has 1 aliphatic rings. The summed E-state index contributed by atoms with van der Waals surface area (Å²) < 4.78 is 5.59. The highest BCUT2D eigenvalue weighted by atomic mass is 32.1. The van der Waals surface area contributed by atoms with E-state index in [0.29, 0.717) is 34.8 Å². The van der Waals surface area contributed by atoms with Crippen LogP contribution in [0, 0.1) is 11.3 Å². The van der Waals surface area contributed by atoms with Gasteiger partial charge < -0.3 is 36.4 Å². The highest BCUT2D eigenvalue weighted by molar-refractivity contribution is 7.17. The fraction of sp³-hybridized carbons (Fsp3) is 0.385. The number of methoxy groups -OCH3 is 1. The third-order valence-corrected chi connectivity index (χ3v) is 6.78. The molecule has 3 amide bonds. The van der Waals surface area contributed by atoms with Crippen LogP contribution in [0.5, 0.6) is 5.75 Å². The van der Waals surface area contributed by atoms with Gasteiger partial charge >= 0.3 is 6.10 Å². The summed E-state index contributed by atoms with van der Waals surface area (Å²) in [5.74, 6) is -2.37. The van der Waals surface area contributed by atoms with Crippen molar-refractivity contribution in [2.24, 2.45) is 16.6 Å². The molecule has 41 heavy (non-hydrogen) atoms. The zero-order chi connectivity index (χ0) is 30.2. The molecule has 220 valence electrons. The highest BCUT2D eigenvalue weighted by Gasteiger charge is 2.30. The van der Waals surface area contributed by atoms with Crippen molar-refractivity contribution in [3.05, 3.63) is 41.0 Å². The number of nitrogens with one attached hydrogen (secondary N) is 4. The summed E-state index contributed by atoms with van der Waals surface area (Å²) in [5, 5.41) is 43.2. The normalized spacial score (nSPS) is 13.9. The summed E-state index contributed by atoms with van der Waals surface area (Å²) in [7, 11) is 1.39. The van der Waals surface area contributed by atoms with Gasteiger partial charge in [0.1, 0.15) is 21.4 Å². The Kier molecular flexibility index (Phi) is 10.7. The van der Waals surface area contributed by atoms with Gasteiger partial charge in [0, 0.05) is 18.5 Å². The number of carbonyl (C=O) groups excluding carboxylic acids is 3. The second-order valence-corrected chi connectivity index (χ2v) is 10.2. The van der Waals surface area contributed by atoms with Crippen LogP contribution in [0.25, 0.3) is 10.6 Å². The van der Waals surface area contributed by atoms with Crippen molar-refractivity contribution in [2.45, 2.75) is 45.1 Å². The van der Waals surface area contributed by atoms with E-state index in [1.807, 2.05) is 0 Å². The second-order valence-electron chi connectivity index (χ2n) is 9.18. The molecular weight excluding hydrogens is 554 g/mol. The largest absolute Gasteiger partial charge is 0.494 e. The first-order chi connectivity index (χ1) is 19.4. The molecule has 0 spiro atoms. The Morgan fingerprint density at radius 1 is 1.27 bits per heavy atom. The van der Waals surface area contributed by atoms with Crippen LogP contribution in [0.1, 0.15) is 48.7 Å². The van der Waals surface area contributed by atoms with E-state index in [1.165, 1.54) is 18.6 Å². The quantitative estimate of drug-likeness (QED) is 0.0677. The fourth-order valence-corrected chi connectivity index (χ4v) is 4.43. The molecule has 15 heteroatoms. The number of nitrogens with two attached hydrogens (primary N) is 1. The number of hydrogen-bond donors (Lipinski definition) is 8. The Bertz CT molecular complexity index is 1360. The summed E-state index contributed by atoms with van der Waals surface area (Å²) in [5.41, 5.74) is 5.43. The second kappa shape index (κ2) is 13.9. The highest BCUT2D eigenvalue weighted by Crippen LogP contribution is 2.39. The van der Waals surface area contributed by atoms with Gasteiger partial charge in [-0.1, -0.05) is 25.8 Å². The lowest BCUT2D eigenvalue weighted by atomic mass is 10.1. The average Bonchev–Trinajstić information content (AvgIpc) is 3.65. The molecule has 9 N–H and O–H groups in total. The van der Waals surface area contributed by atoms with Gasteiger partial charge in [0.05, 0.1) is 30.3 Å². The lowest BCUT2D eigenvalue weighted by Gasteiger charge is -2.19. The van der Waals surface area contributed by atoms with Crippen LogP contribution in [-0.4, -0.2) is 69.3 Å². The number of hydrogen-bond acceptors (Lipinski definition) is 11. The molecule has 0 aliphatic heterocycles. The monoisotopic (exact) mass is 587 g/mol. The number of aliphatic hydroxyl groups is 3. The zero-order valence-corrected chi connectivity index (χ0v) is 23.4. The van der Waals surface area contributed by atoms with Gasteiger partial charge in [-0.2, -0.15) is 4.99 Å². The summed E-state index contributed by atoms with van der Waals surface area (Å²) in [6.07, 6.45) is 3.22. The number of aromatic nitrogens is 1.